The van der Waals surface area contributed by atoms with Crippen LogP contribution >= 0.6 is 34.5 Å². The van der Waals surface area contributed by atoms with Gasteiger partial charge in [-0.2, -0.15) is 0 Å². The number of nitrogens with one attached hydrogen (secondary N) is 1. The molecule has 0 radical (unpaired) electrons. The molecule has 0 bridgehead atoms. The van der Waals surface area contributed by atoms with Crippen molar-refractivity contribution in [3.05, 3.63) is 38.8 Å². The summed E-state index contributed by atoms with van der Waals surface area (Å²) in [6.45, 7) is 1.82. The van der Waals surface area contributed by atoms with Crippen LogP contribution in [0.2, 0.25) is 10.0 Å². The Morgan fingerprint density at radius 2 is 2.12 bits per heavy atom. The molecule has 1 aromatic carbocycles. The molecule has 0 aliphatic rings. The smallest absolute Gasteiger partial charge is 0.135 e. The number of rotatable bonds is 2. The van der Waals surface area contributed by atoms with Crippen molar-refractivity contribution in [2.45, 2.75) is 6.92 Å². The molecule has 0 saturated heterocycles. The number of amidine groups is 1. The van der Waals surface area contributed by atoms with Crippen molar-refractivity contribution >= 4 is 40.4 Å². The van der Waals surface area contributed by atoms with E-state index in [1.807, 2.05) is 13.0 Å². The molecule has 0 aliphatic carbocycles. The van der Waals surface area contributed by atoms with Gasteiger partial charge < -0.3 is 5.73 Å². The van der Waals surface area contributed by atoms with Crippen molar-refractivity contribution in [2.24, 2.45) is 5.73 Å². The molecule has 0 fully saturated rings. The van der Waals surface area contributed by atoms with Gasteiger partial charge in [-0.1, -0.05) is 23.2 Å². The topological polar surface area (TPSA) is 62.8 Å². The van der Waals surface area contributed by atoms with Crippen molar-refractivity contribution in [3.63, 3.8) is 0 Å². The Morgan fingerprint density at radius 3 is 2.65 bits per heavy atom. The monoisotopic (exact) mass is 285 g/mol. The van der Waals surface area contributed by atoms with Gasteiger partial charge in [0.05, 0.1) is 15.6 Å². The van der Waals surface area contributed by atoms with Crippen LogP contribution in [0.3, 0.4) is 0 Å². The lowest BCUT2D eigenvalue weighted by atomic mass is 10.2. The molecule has 17 heavy (non-hydrogen) atoms. The molecule has 0 spiro atoms. The van der Waals surface area contributed by atoms with E-state index in [0.717, 1.165) is 16.3 Å². The fourth-order valence-electron chi connectivity index (χ4n) is 1.42. The molecule has 2 rings (SSSR count). The molecule has 0 saturated carbocycles. The van der Waals surface area contributed by atoms with Gasteiger partial charge in [0.25, 0.3) is 0 Å². The zero-order valence-corrected chi connectivity index (χ0v) is 11.2. The summed E-state index contributed by atoms with van der Waals surface area (Å²) in [5.41, 5.74) is 7.01. The highest BCUT2D eigenvalue weighted by Gasteiger charge is 2.13. The van der Waals surface area contributed by atoms with Gasteiger partial charge in [0.1, 0.15) is 10.8 Å². The van der Waals surface area contributed by atoms with Gasteiger partial charge in [-0.3, -0.25) is 5.41 Å². The quantitative estimate of drug-likeness (QED) is 0.653. The maximum atomic E-state index is 7.43. The summed E-state index contributed by atoms with van der Waals surface area (Å²) in [7, 11) is 0. The Kier molecular flexibility index (Phi) is 3.38. The van der Waals surface area contributed by atoms with Crippen LogP contribution in [0.4, 0.5) is 0 Å². The zero-order chi connectivity index (χ0) is 12.6. The van der Waals surface area contributed by atoms with E-state index in [4.69, 9.17) is 34.3 Å². The minimum absolute atomic E-state index is 0.0244. The van der Waals surface area contributed by atoms with Gasteiger partial charge in [-0.25, -0.2) is 4.98 Å². The lowest BCUT2D eigenvalue weighted by Crippen LogP contribution is -2.10. The third-order valence-electron chi connectivity index (χ3n) is 2.20. The number of hydrogen-bond acceptors (Lipinski definition) is 3. The Balaban J connectivity index is 2.53. The van der Waals surface area contributed by atoms with Gasteiger partial charge in [0, 0.05) is 10.6 Å². The number of aromatic nitrogens is 1. The minimum Gasteiger partial charge on any atom is -0.383 e. The first-order valence-electron chi connectivity index (χ1n) is 4.76. The maximum Gasteiger partial charge on any atom is 0.135 e. The molecule has 88 valence electrons. The van der Waals surface area contributed by atoms with Crippen molar-refractivity contribution in [3.8, 4) is 10.6 Å². The molecular weight excluding hydrogens is 277 g/mol. The molecule has 3 nitrogen and oxygen atoms in total. The fraction of sp³-hybridized carbons (Fsp3) is 0.0909. The summed E-state index contributed by atoms with van der Waals surface area (Å²) in [6, 6.07) is 5.24. The summed E-state index contributed by atoms with van der Waals surface area (Å²) in [5, 5.41) is 9.30. The average Bonchev–Trinajstić information content (AvgIpc) is 2.60. The number of nitrogen functional groups attached to an aromatic ring is 1. The first kappa shape index (κ1) is 12.4. The molecule has 0 amide bonds. The molecule has 1 heterocycles. The van der Waals surface area contributed by atoms with E-state index in [0.29, 0.717) is 14.9 Å². The third-order valence-corrected chi connectivity index (χ3v) is 3.97. The van der Waals surface area contributed by atoms with Crippen LogP contribution in [0, 0.1) is 12.3 Å². The van der Waals surface area contributed by atoms with E-state index in [1.54, 1.807) is 12.1 Å². The predicted molar refractivity (Wildman–Crippen MR) is 73.3 cm³/mol. The molecule has 1 aromatic heterocycles. The normalized spacial score (nSPS) is 10.5. The molecule has 3 N–H and O–H groups in total. The number of halogens is 2. The zero-order valence-electron chi connectivity index (χ0n) is 8.92. The molecule has 2 aromatic rings. The van der Waals surface area contributed by atoms with Crippen LogP contribution in [0.25, 0.3) is 10.6 Å². The van der Waals surface area contributed by atoms with Crippen molar-refractivity contribution in [1.82, 2.24) is 4.98 Å². The fourth-order valence-corrected chi connectivity index (χ4v) is 2.95. The second kappa shape index (κ2) is 4.64. The Morgan fingerprint density at radius 1 is 1.41 bits per heavy atom. The summed E-state index contributed by atoms with van der Waals surface area (Å²) in [6.07, 6.45) is 0. The number of aryl methyl sites for hydroxylation is 1. The molecule has 0 atom stereocenters. The summed E-state index contributed by atoms with van der Waals surface area (Å²) in [4.78, 5) is 5.04. The predicted octanol–water partition coefficient (Wildman–Crippen LogP) is 3.71. The van der Waals surface area contributed by atoms with Crippen LogP contribution in [0.1, 0.15) is 10.6 Å². The van der Waals surface area contributed by atoms with Gasteiger partial charge >= 0.3 is 0 Å². The largest absolute Gasteiger partial charge is 0.383 e. The lowest BCUT2D eigenvalue weighted by Gasteiger charge is -2.00. The second-order valence-electron chi connectivity index (χ2n) is 3.47. The summed E-state index contributed by atoms with van der Waals surface area (Å²) in [5.74, 6) is 0.0244. The van der Waals surface area contributed by atoms with Gasteiger partial charge in [-0.05, 0) is 25.1 Å². The van der Waals surface area contributed by atoms with E-state index in [-0.39, 0.29) is 5.84 Å². The standard InChI is InChI=1S/C11H9Cl2N3S/c1-5-9(10(14)15)17-11(16-5)7-3-2-6(12)4-8(7)13/h2-4H,1H3,(H3,14,15). The van der Waals surface area contributed by atoms with Crippen molar-refractivity contribution in [1.29, 1.82) is 5.41 Å². The number of nitrogens with two attached hydrogens (primary N) is 1. The van der Waals surface area contributed by atoms with Gasteiger partial charge in [0.15, 0.2) is 0 Å². The first-order valence-corrected chi connectivity index (χ1v) is 6.33. The van der Waals surface area contributed by atoms with Crippen molar-refractivity contribution < 1.29 is 0 Å². The third kappa shape index (κ3) is 2.44. The maximum absolute atomic E-state index is 7.43. The van der Waals surface area contributed by atoms with E-state index < -0.39 is 0 Å². The molecule has 0 unspecified atom stereocenters. The second-order valence-corrected chi connectivity index (χ2v) is 5.31. The number of benzene rings is 1. The Labute approximate surface area is 113 Å². The van der Waals surface area contributed by atoms with Gasteiger partial charge in [0.2, 0.25) is 0 Å². The first-order chi connectivity index (χ1) is 7.99. The number of nitrogens with zero attached hydrogens (tertiary/aromatic N) is 1. The van der Waals surface area contributed by atoms with Crippen LogP contribution in [-0.2, 0) is 0 Å². The molecule has 6 heteroatoms. The lowest BCUT2D eigenvalue weighted by molar-refractivity contribution is 1.25. The van der Waals surface area contributed by atoms with E-state index in [1.165, 1.54) is 11.3 Å². The highest BCUT2D eigenvalue weighted by molar-refractivity contribution is 7.17. The van der Waals surface area contributed by atoms with E-state index in [9.17, 15) is 0 Å². The average molecular weight is 286 g/mol. The van der Waals surface area contributed by atoms with Crippen LogP contribution in [0.15, 0.2) is 18.2 Å². The van der Waals surface area contributed by atoms with Crippen LogP contribution < -0.4 is 5.73 Å². The van der Waals surface area contributed by atoms with Gasteiger partial charge in [-0.15, -0.1) is 11.3 Å². The highest BCUT2D eigenvalue weighted by atomic mass is 35.5. The van der Waals surface area contributed by atoms with Crippen LogP contribution in [0.5, 0.6) is 0 Å². The van der Waals surface area contributed by atoms with Crippen molar-refractivity contribution in [2.75, 3.05) is 0 Å². The Hall–Kier alpha value is -1.10. The van der Waals surface area contributed by atoms with Crippen LogP contribution in [-0.4, -0.2) is 10.8 Å². The molecule has 0 aliphatic heterocycles. The van der Waals surface area contributed by atoms with E-state index >= 15 is 0 Å². The SMILES string of the molecule is Cc1nc(-c2ccc(Cl)cc2Cl)sc1C(=N)N. The number of thiazole rings is 1. The minimum atomic E-state index is 0.0244. The molecular formula is C11H9Cl2N3S. The summed E-state index contributed by atoms with van der Waals surface area (Å²) < 4.78 is 0. The van der Waals surface area contributed by atoms with E-state index in [2.05, 4.69) is 4.98 Å². The number of hydrogen-bond donors (Lipinski definition) is 2. The highest BCUT2D eigenvalue weighted by Crippen LogP contribution is 2.34. The summed E-state index contributed by atoms with van der Waals surface area (Å²) >= 11 is 13.3. The Bertz CT molecular complexity index is 592.